The first kappa shape index (κ1) is 24.1. The monoisotopic (exact) mass is 484 g/mol. The zero-order chi connectivity index (χ0) is 24.3. The molecule has 0 amide bonds. The van der Waals surface area contributed by atoms with Gasteiger partial charge in [0.05, 0.1) is 24.1 Å². The number of pyridine rings is 1. The van der Waals surface area contributed by atoms with Crippen LogP contribution in [0.5, 0.6) is 5.75 Å². The topological polar surface area (TPSA) is 115 Å². The van der Waals surface area contributed by atoms with Gasteiger partial charge < -0.3 is 14.6 Å². The van der Waals surface area contributed by atoms with Crippen LogP contribution < -0.4 is 9.46 Å². The second-order valence-electron chi connectivity index (χ2n) is 8.57. The van der Waals surface area contributed by atoms with Gasteiger partial charge >= 0.3 is 5.97 Å². The van der Waals surface area contributed by atoms with Gasteiger partial charge in [0, 0.05) is 22.7 Å². The second kappa shape index (κ2) is 9.69. The van der Waals surface area contributed by atoms with Crippen LogP contribution in [-0.2, 0) is 26.2 Å². The largest absolute Gasteiger partial charge is 0.489 e. The maximum absolute atomic E-state index is 13.0. The Morgan fingerprint density at radius 1 is 1.21 bits per heavy atom. The molecule has 0 spiro atoms. The summed E-state index contributed by atoms with van der Waals surface area (Å²) in [4.78, 5) is 16.9. The molecule has 0 saturated heterocycles. The number of hydrogen-bond donors (Lipinski definition) is 2. The third kappa shape index (κ3) is 4.64. The third-order valence-electron chi connectivity index (χ3n) is 6.41. The highest BCUT2D eigenvalue weighted by atomic mass is 32.2. The number of nitrogens with one attached hydrogen (secondary N) is 1. The van der Waals surface area contributed by atoms with Crippen molar-refractivity contribution in [1.82, 2.24) is 9.71 Å². The molecule has 2 atom stereocenters. The number of methoxy groups -OCH3 is 1. The molecule has 0 bridgehead atoms. The summed E-state index contributed by atoms with van der Waals surface area (Å²) in [6, 6.07) is 15.2. The number of hydrogen-bond acceptors (Lipinski definition) is 7. The van der Waals surface area contributed by atoms with E-state index in [9.17, 15) is 18.3 Å². The van der Waals surface area contributed by atoms with Crippen molar-refractivity contribution in [3.05, 3.63) is 65.9 Å². The second-order valence-corrected chi connectivity index (χ2v) is 10.3. The zero-order valence-corrected chi connectivity index (χ0v) is 20.0. The summed E-state index contributed by atoms with van der Waals surface area (Å²) >= 11 is 0. The number of esters is 1. The first-order valence-electron chi connectivity index (χ1n) is 11.1. The zero-order valence-electron chi connectivity index (χ0n) is 19.2. The lowest BCUT2D eigenvalue weighted by molar-refractivity contribution is -0.156. The molecular formula is C25H28N2O6S. The Morgan fingerprint density at radius 3 is 2.65 bits per heavy atom. The normalized spacial score (nSPS) is 20.4. The molecule has 0 unspecified atom stereocenters. The molecule has 1 heterocycles. The number of nitrogens with zero attached hydrogens (tertiary/aromatic N) is 1. The van der Waals surface area contributed by atoms with Crippen LogP contribution in [0.4, 0.5) is 0 Å². The summed E-state index contributed by atoms with van der Waals surface area (Å²) in [6.45, 7) is 1.76. The van der Waals surface area contributed by atoms with E-state index in [0.717, 1.165) is 22.2 Å². The molecule has 4 rings (SSSR count). The van der Waals surface area contributed by atoms with Crippen LogP contribution in [0.15, 0.2) is 59.5 Å². The van der Waals surface area contributed by atoms with Crippen molar-refractivity contribution in [3.8, 4) is 5.75 Å². The number of aromatic nitrogens is 1. The first-order chi connectivity index (χ1) is 16.3. The Hall–Kier alpha value is -3.01. The molecule has 1 aliphatic carbocycles. The van der Waals surface area contributed by atoms with Gasteiger partial charge in [-0.1, -0.05) is 24.6 Å². The fourth-order valence-electron chi connectivity index (χ4n) is 4.59. The minimum Gasteiger partial charge on any atom is -0.489 e. The number of fused-ring (bicyclic) bond motifs is 1. The first-order valence-corrected chi connectivity index (χ1v) is 12.6. The molecule has 180 valence electrons. The van der Waals surface area contributed by atoms with E-state index in [-0.39, 0.29) is 4.90 Å². The summed E-state index contributed by atoms with van der Waals surface area (Å²) in [5.41, 5.74) is 1.51. The molecule has 1 fully saturated rings. The number of aliphatic hydroxyl groups excluding tert-OH is 1. The lowest BCUT2D eigenvalue weighted by Crippen LogP contribution is -2.51. The summed E-state index contributed by atoms with van der Waals surface area (Å²) in [5.74, 6) is -0.0829. The lowest BCUT2D eigenvalue weighted by Gasteiger charge is -2.31. The number of rotatable bonds is 8. The Morgan fingerprint density at radius 2 is 1.94 bits per heavy atom. The van der Waals surface area contributed by atoms with Crippen molar-refractivity contribution < 1.29 is 27.8 Å². The number of benzene rings is 2. The highest BCUT2D eigenvalue weighted by molar-refractivity contribution is 7.89. The number of carbonyl (C=O) groups is 1. The average molecular weight is 485 g/mol. The summed E-state index contributed by atoms with van der Waals surface area (Å²) in [5, 5.41) is 10.9. The molecule has 3 aromatic rings. The van der Waals surface area contributed by atoms with Crippen molar-refractivity contribution in [2.45, 2.75) is 43.7 Å². The molecule has 1 aromatic heterocycles. The van der Waals surface area contributed by atoms with E-state index in [2.05, 4.69) is 9.71 Å². The van der Waals surface area contributed by atoms with E-state index in [4.69, 9.17) is 9.47 Å². The number of aliphatic hydroxyl groups is 1. The van der Waals surface area contributed by atoms with Crippen molar-refractivity contribution in [1.29, 1.82) is 0 Å². The highest BCUT2D eigenvalue weighted by Gasteiger charge is 2.51. The van der Waals surface area contributed by atoms with Crippen molar-refractivity contribution in [3.63, 3.8) is 0 Å². The lowest BCUT2D eigenvalue weighted by atomic mass is 9.84. The molecule has 1 saturated carbocycles. The van der Waals surface area contributed by atoms with Gasteiger partial charge in [0.2, 0.25) is 10.0 Å². The molecule has 8 nitrogen and oxygen atoms in total. The van der Waals surface area contributed by atoms with Crippen LogP contribution in [0, 0.1) is 12.3 Å². The maximum atomic E-state index is 13.0. The van der Waals surface area contributed by atoms with E-state index in [1.54, 1.807) is 12.1 Å². The number of sulfonamides is 1. The molecule has 2 aromatic carbocycles. The third-order valence-corrected chi connectivity index (χ3v) is 7.90. The Kier molecular flexibility index (Phi) is 6.88. The van der Waals surface area contributed by atoms with Crippen LogP contribution in [0.2, 0.25) is 0 Å². The maximum Gasteiger partial charge on any atom is 0.315 e. The van der Waals surface area contributed by atoms with Crippen molar-refractivity contribution in [2.75, 3.05) is 13.7 Å². The van der Waals surface area contributed by atoms with Crippen molar-refractivity contribution in [2.24, 2.45) is 5.41 Å². The van der Waals surface area contributed by atoms with Crippen LogP contribution >= 0.6 is 0 Å². The van der Waals surface area contributed by atoms with Crippen LogP contribution in [0.25, 0.3) is 10.9 Å². The van der Waals surface area contributed by atoms with Crippen LogP contribution in [0.3, 0.4) is 0 Å². The molecule has 2 N–H and O–H groups in total. The molecule has 34 heavy (non-hydrogen) atoms. The van der Waals surface area contributed by atoms with Gasteiger partial charge in [0.1, 0.15) is 17.8 Å². The van der Waals surface area contributed by atoms with Crippen LogP contribution in [-0.4, -0.2) is 44.2 Å². The summed E-state index contributed by atoms with van der Waals surface area (Å²) in [6.07, 6.45) is 1.41. The van der Waals surface area contributed by atoms with Gasteiger partial charge in [-0.05, 0) is 56.2 Å². The minimum absolute atomic E-state index is 0.0497. The van der Waals surface area contributed by atoms with Gasteiger partial charge in [-0.3, -0.25) is 9.78 Å². The summed E-state index contributed by atoms with van der Waals surface area (Å²) < 4.78 is 39.3. The smallest absolute Gasteiger partial charge is 0.315 e. The Bertz CT molecular complexity index is 1290. The fraction of sp³-hybridized carbons (Fsp3) is 0.360. The van der Waals surface area contributed by atoms with Gasteiger partial charge in [-0.2, -0.15) is 0 Å². The number of aryl methyl sites for hydroxylation is 1. The van der Waals surface area contributed by atoms with Gasteiger partial charge in [-0.25, -0.2) is 13.1 Å². The standard InChI is InChI=1S/C25H28N2O6S/c1-17-14-18(21-6-3-4-7-22(21)26-17)15-33-19-9-11-20(12-10-19)34(30,31)27-23-8-5-13-25(23,16-28)24(29)32-2/h3-4,6-7,9-12,14,23,27-28H,5,8,13,15-16H2,1-2H3/t23-,25-/m1/s1. The molecular weight excluding hydrogens is 456 g/mol. The van der Waals surface area contributed by atoms with Gasteiger partial charge in [-0.15, -0.1) is 0 Å². The van der Waals surface area contributed by atoms with Gasteiger partial charge in [0.15, 0.2) is 0 Å². The Balaban J connectivity index is 1.48. The van der Waals surface area contributed by atoms with E-state index in [0.29, 0.717) is 31.6 Å². The van der Waals surface area contributed by atoms with Crippen molar-refractivity contribution >= 4 is 26.9 Å². The van der Waals surface area contributed by atoms with E-state index < -0.39 is 34.1 Å². The Labute approximate surface area is 199 Å². The van der Waals surface area contributed by atoms with Gasteiger partial charge in [0.25, 0.3) is 0 Å². The molecule has 9 heteroatoms. The minimum atomic E-state index is -3.92. The summed E-state index contributed by atoms with van der Waals surface area (Å²) in [7, 11) is -2.68. The van der Waals surface area contributed by atoms with E-state index >= 15 is 0 Å². The molecule has 0 aliphatic heterocycles. The quantitative estimate of drug-likeness (QED) is 0.472. The predicted octanol–water partition coefficient (Wildman–Crippen LogP) is 3.10. The predicted molar refractivity (Wildman–Crippen MR) is 127 cm³/mol. The number of para-hydroxylation sites is 1. The van der Waals surface area contributed by atoms with E-state index in [1.165, 1.54) is 19.2 Å². The number of carbonyl (C=O) groups excluding carboxylic acids is 1. The highest BCUT2D eigenvalue weighted by Crippen LogP contribution is 2.40. The number of ether oxygens (including phenoxy) is 2. The average Bonchev–Trinajstić information content (AvgIpc) is 3.25. The SMILES string of the molecule is COC(=O)[C@@]1(CO)CCC[C@H]1NS(=O)(=O)c1ccc(OCc2cc(C)nc3ccccc23)cc1. The van der Waals surface area contributed by atoms with E-state index in [1.807, 2.05) is 37.3 Å². The molecule has 0 radical (unpaired) electrons. The van der Waals surface area contributed by atoms with Crippen LogP contribution in [0.1, 0.15) is 30.5 Å². The molecule has 1 aliphatic rings. The fourth-order valence-corrected chi connectivity index (χ4v) is 5.94.